The third-order valence-electron chi connectivity index (χ3n) is 3.47. The molecule has 0 bridgehead atoms. The van der Waals surface area contributed by atoms with Crippen LogP contribution in [0.1, 0.15) is 29.0 Å². The number of thiophene rings is 1. The molecule has 8 heteroatoms. The van der Waals surface area contributed by atoms with Crippen molar-refractivity contribution in [3.05, 3.63) is 33.8 Å². The van der Waals surface area contributed by atoms with Crippen LogP contribution in [0.25, 0.3) is 0 Å². The van der Waals surface area contributed by atoms with E-state index in [1.807, 2.05) is 6.92 Å². The fourth-order valence-electron chi connectivity index (χ4n) is 1.94. The fraction of sp³-hybridized carbons (Fsp3) is 0.462. The third-order valence-corrected chi connectivity index (χ3v) is 5.94. The first kappa shape index (κ1) is 14.7. The molecule has 0 unspecified atom stereocenters. The highest BCUT2D eigenvalue weighted by molar-refractivity contribution is 7.89. The zero-order valence-electron chi connectivity index (χ0n) is 11.7. The van der Waals surface area contributed by atoms with Crippen LogP contribution in [0.2, 0.25) is 0 Å². The molecule has 1 aliphatic rings. The van der Waals surface area contributed by atoms with Gasteiger partial charge in [0.25, 0.3) is 0 Å². The van der Waals surface area contributed by atoms with Crippen LogP contribution < -0.4 is 10.0 Å². The third kappa shape index (κ3) is 3.70. The second-order valence-electron chi connectivity index (χ2n) is 5.25. The van der Waals surface area contributed by atoms with Crippen molar-refractivity contribution in [3.8, 4) is 0 Å². The van der Waals surface area contributed by atoms with Gasteiger partial charge < -0.3 is 5.32 Å². The summed E-state index contributed by atoms with van der Waals surface area (Å²) in [5.74, 6) is 0. The molecule has 0 saturated heterocycles. The number of hydrogen-bond donors (Lipinski definition) is 3. The Bertz CT molecular complexity index is 716. The minimum atomic E-state index is -3.46. The maximum absolute atomic E-state index is 12.2. The van der Waals surface area contributed by atoms with Crippen LogP contribution >= 0.6 is 11.3 Å². The monoisotopic (exact) mass is 326 g/mol. The highest BCUT2D eigenvalue weighted by Crippen LogP contribution is 2.23. The van der Waals surface area contributed by atoms with Gasteiger partial charge in [-0.25, -0.2) is 13.1 Å². The molecule has 2 heterocycles. The van der Waals surface area contributed by atoms with Crippen LogP contribution in [-0.2, 0) is 23.1 Å². The van der Waals surface area contributed by atoms with E-state index < -0.39 is 10.0 Å². The van der Waals surface area contributed by atoms with Crippen LogP contribution in [0.4, 0.5) is 0 Å². The Labute approximate surface area is 128 Å². The second kappa shape index (κ2) is 5.88. The molecule has 3 rings (SSSR count). The molecular weight excluding hydrogens is 308 g/mol. The first-order valence-electron chi connectivity index (χ1n) is 6.84. The normalized spacial score (nSPS) is 15.5. The molecule has 6 nitrogen and oxygen atoms in total. The SMILES string of the molecule is Cc1[nH]ncc1CNS(=O)(=O)c1csc(CNC2CC2)c1. The van der Waals surface area contributed by atoms with Crippen molar-refractivity contribution in [2.45, 2.75) is 43.8 Å². The number of aryl methyl sites for hydroxylation is 1. The van der Waals surface area contributed by atoms with Crippen molar-refractivity contribution >= 4 is 21.4 Å². The number of nitrogens with zero attached hydrogens (tertiary/aromatic N) is 1. The molecule has 0 aliphatic heterocycles. The van der Waals surface area contributed by atoms with E-state index >= 15 is 0 Å². The van der Waals surface area contributed by atoms with Gasteiger partial charge in [0.2, 0.25) is 10.0 Å². The van der Waals surface area contributed by atoms with E-state index in [2.05, 4.69) is 20.2 Å². The quantitative estimate of drug-likeness (QED) is 0.720. The first-order valence-corrected chi connectivity index (χ1v) is 9.20. The van der Waals surface area contributed by atoms with Gasteiger partial charge in [0.05, 0.1) is 11.1 Å². The van der Waals surface area contributed by atoms with Gasteiger partial charge >= 0.3 is 0 Å². The molecule has 3 N–H and O–H groups in total. The number of H-pyrrole nitrogens is 1. The topological polar surface area (TPSA) is 86.9 Å². The Balaban J connectivity index is 1.62. The van der Waals surface area contributed by atoms with Crippen LogP contribution in [0.5, 0.6) is 0 Å². The average Bonchev–Trinajstić information content (AvgIpc) is 2.98. The summed E-state index contributed by atoms with van der Waals surface area (Å²) in [6.07, 6.45) is 4.08. The molecule has 0 atom stereocenters. The summed E-state index contributed by atoms with van der Waals surface area (Å²) in [5, 5.41) is 11.7. The Morgan fingerprint density at radius 2 is 2.24 bits per heavy atom. The molecule has 1 saturated carbocycles. The minimum Gasteiger partial charge on any atom is -0.309 e. The molecular formula is C13H18N4O2S2. The van der Waals surface area contributed by atoms with E-state index in [0.717, 1.165) is 22.7 Å². The number of aromatic amines is 1. The van der Waals surface area contributed by atoms with Crippen molar-refractivity contribution < 1.29 is 8.42 Å². The lowest BCUT2D eigenvalue weighted by molar-refractivity contribution is 0.581. The minimum absolute atomic E-state index is 0.246. The standard InChI is InChI=1S/C13H18N4O2S2/c1-9-10(5-15-17-9)6-16-21(18,19)13-4-12(20-8-13)7-14-11-2-3-11/h4-5,8,11,14,16H,2-3,6-7H2,1H3,(H,15,17). The number of aromatic nitrogens is 2. The van der Waals surface area contributed by atoms with E-state index in [4.69, 9.17) is 0 Å². The van der Waals surface area contributed by atoms with E-state index in [1.165, 1.54) is 24.2 Å². The van der Waals surface area contributed by atoms with Crippen LogP contribution in [0.15, 0.2) is 22.5 Å². The zero-order chi connectivity index (χ0) is 14.9. The zero-order valence-corrected chi connectivity index (χ0v) is 13.4. The van der Waals surface area contributed by atoms with Crippen LogP contribution in [0, 0.1) is 6.92 Å². The van der Waals surface area contributed by atoms with Gasteiger partial charge in [-0.3, -0.25) is 5.10 Å². The largest absolute Gasteiger partial charge is 0.309 e. The Kier molecular flexibility index (Phi) is 4.12. The van der Waals surface area contributed by atoms with Gasteiger partial charge in [-0.1, -0.05) is 0 Å². The van der Waals surface area contributed by atoms with E-state index in [0.29, 0.717) is 10.9 Å². The summed E-state index contributed by atoms with van der Waals surface area (Å²) >= 11 is 1.47. The van der Waals surface area contributed by atoms with E-state index in [1.54, 1.807) is 17.6 Å². The fourth-order valence-corrected chi connectivity index (χ4v) is 4.17. The van der Waals surface area contributed by atoms with E-state index in [9.17, 15) is 8.42 Å². The van der Waals surface area contributed by atoms with Gasteiger partial charge in [-0.2, -0.15) is 5.10 Å². The van der Waals surface area contributed by atoms with Gasteiger partial charge in [0.15, 0.2) is 0 Å². The van der Waals surface area contributed by atoms with Crippen LogP contribution in [-0.4, -0.2) is 24.7 Å². The smallest absolute Gasteiger partial charge is 0.241 e. The molecule has 0 spiro atoms. The van der Waals surface area contributed by atoms with Crippen molar-refractivity contribution in [1.82, 2.24) is 20.2 Å². The van der Waals surface area contributed by atoms with Gasteiger partial charge in [0.1, 0.15) is 0 Å². The maximum Gasteiger partial charge on any atom is 0.241 e. The van der Waals surface area contributed by atoms with Crippen LogP contribution in [0.3, 0.4) is 0 Å². The van der Waals surface area contributed by atoms with Gasteiger partial charge in [-0.15, -0.1) is 11.3 Å². The molecule has 0 amide bonds. The molecule has 21 heavy (non-hydrogen) atoms. The maximum atomic E-state index is 12.2. The van der Waals surface area contributed by atoms with Gasteiger partial charge in [-0.05, 0) is 25.8 Å². The second-order valence-corrected chi connectivity index (χ2v) is 8.01. The summed E-state index contributed by atoms with van der Waals surface area (Å²) in [6, 6.07) is 2.36. The Hall–Kier alpha value is -1.22. The summed E-state index contributed by atoms with van der Waals surface area (Å²) in [6.45, 7) is 2.85. The lowest BCUT2D eigenvalue weighted by Gasteiger charge is -2.04. The predicted octanol–water partition coefficient (Wildman–Crippen LogP) is 1.51. The van der Waals surface area contributed by atoms with Gasteiger partial charge in [0, 0.05) is 40.6 Å². The molecule has 114 valence electrons. The number of sulfonamides is 1. The molecule has 1 fully saturated rings. The van der Waals surface area contributed by atoms with Crippen molar-refractivity contribution in [2.24, 2.45) is 0 Å². The van der Waals surface area contributed by atoms with Crippen molar-refractivity contribution in [1.29, 1.82) is 0 Å². The first-order chi connectivity index (χ1) is 10.0. The highest BCUT2D eigenvalue weighted by Gasteiger charge is 2.21. The summed E-state index contributed by atoms with van der Waals surface area (Å²) in [7, 11) is -3.46. The molecule has 0 aromatic carbocycles. The number of hydrogen-bond acceptors (Lipinski definition) is 5. The highest BCUT2D eigenvalue weighted by atomic mass is 32.2. The summed E-state index contributed by atoms with van der Waals surface area (Å²) in [4.78, 5) is 1.38. The number of rotatable bonds is 7. The molecule has 1 aliphatic carbocycles. The van der Waals surface area contributed by atoms with Crippen molar-refractivity contribution in [3.63, 3.8) is 0 Å². The summed E-state index contributed by atoms with van der Waals surface area (Å²) in [5.41, 5.74) is 1.72. The Morgan fingerprint density at radius 1 is 1.43 bits per heavy atom. The molecule has 0 radical (unpaired) electrons. The molecule has 2 aromatic heterocycles. The average molecular weight is 326 g/mol. The molecule has 2 aromatic rings. The lowest BCUT2D eigenvalue weighted by Crippen LogP contribution is -2.23. The number of nitrogens with one attached hydrogen (secondary N) is 3. The van der Waals surface area contributed by atoms with Crippen molar-refractivity contribution in [2.75, 3.05) is 0 Å². The predicted molar refractivity (Wildman–Crippen MR) is 81.5 cm³/mol. The van der Waals surface area contributed by atoms with E-state index in [-0.39, 0.29) is 6.54 Å². The lowest BCUT2D eigenvalue weighted by atomic mass is 10.3. The summed E-state index contributed by atoms with van der Waals surface area (Å²) < 4.78 is 27.1. The Morgan fingerprint density at radius 3 is 2.90 bits per heavy atom.